The van der Waals surface area contributed by atoms with Crippen molar-refractivity contribution in [2.24, 2.45) is 5.92 Å². The number of carbonyl (C=O) groups is 1. The molecule has 1 aromatic carbocycles. The van der Waals surface area contributed by atoms with Crippen LogP contribution in [0.15, 0.2) is 30.3 Å². The highest BCUT2D eigenvalue weighted by Crippen LogP contribution is 2.16. The molecule has 2 atom stereocenters. The molecule has 0 spiro atoms. The molecule has 2 saturated heterocycles. The van der Waals surface area contributed by atoms with E-state index >= 15 is 0 Å². The summed E-state index contributed by atoms with van der Waals surface area (Å²) in [4.78, 5) is 16.8. The Labute approximate surface area is 139 Å². The second-order valence-corrected chi connectivity index (χ2v) is 6.98. The van der Waals surface area contributed by atoms with Gasteiger partial charge in [-0.15, -0.1) is 0 Å². The van der Waals surface area contributed by atoms with Crippen molar-refractivity contribution >= 4 is 11.6 Å². The number of nitrogens with one attached hydrogen (secondary N) is 2. The van der Waals surface area contributed by atoms with E-state index < -0.39 is 0 Å². The van der Waals surface area contributed by atoms with Crippen LogP contribution in [0.25, 0.3) is 0 Å². The summed E-state index contributed by atoms with van der Waals surface area (Å²) in [5.74, 6) is 0.590. The first-order valence-electron chi connectivity index (χ1n) is 8.69. The summed E-state index contributed by atoms with van der Waals surface area (Å²) in [6.45, 7) is 9.45. The molecule has 2 heterocycles. The third-order valence-corrected chi connectivity index (χ3v) is 4.80. The second kappa shape index (κ2) is 7.32. The Morgan fingerprint density at radius 1 is 1.13 bits per heavy atom. The Kier molecular flexibility index (Phi) is 5.18. The lowest BCUT2D eigenvalue weighted by molar-refractivity contribution is -0.125. The molecule has 0 aromatic heterocycles. The number of rotatable bonds is 4. The van der Waals surface area contributed by atoms with Gasteiger partial charge in [-0.05, 0) is 18.1 Å². The lowest BCUT2D eigenvalue weighted by Crippen LogP contribution is -2.62. The van der Waals surface area contributed by atoms with Gasteiger partial charge in [-0.2, -0.15) is 0 Å². The highest BCUT2D eigenvalue weighted by atomic mass is 16.2. The molecule has 0 bridgehead atoms. The van der Waals surface area contributed by atoms with Crippen molar-refractivity contribution < 1.29 is 4.79 Å². The van der Waals surface area contributed by atoms with Crippen molar-refractivity contribution in [2.45, 2.75) is 32.5 Å². The number of amides is 1. The van der Waals surface area contributed by atoms with E-state index in [0.29, 0.717) is 12.3 Å². The number of anilines is 1. The maximum absolute atomic E-state index is 11.9. The lowest BCUT2D eigenvalue weighted by atomic mass is 10.0. The van der Waals surface area contributed by atoms with Gasteiger partial charge >= 0.3 is 0 Å². The van der Waals surface area contributed by atoms with Crippen LogP contribution in [0.3, 0.4) is 0 Å². The zero-order chi connectivity index (χ0) is 16.2. The number of carbonyl (C=O) groups excluding carboxylic acids is 1. The van der Waals surface area contributed by atoms with E-state index in [1.165, 1.54) is 5.69 Å². The van der Waals surface area contributed by atoms with Crippen LogP contribution in [-0.2, 0) is 4.79 Å². The first-order valence-corrected chi connectivity index (χ1v) is 8.69. The summed E-state index contributed by atoms with van der Waals surface area (Å²) >= 11 is 0. The molecule has 2 aliphatic heterocycles. The van der Waals surface area contributed by atoms with Crippen LogP contribution in [0.2, 0.25) is 0 Å². The Hall–Kier alpha value is -1.59. The summed E-state index contributed by atoms with van der Waals surface area (Å²) < 4.78 is 0. The zero-order valence-corrected chi connectivity index (χ0v) is 14.2. The van der Waals surface area contributed by atoms with E-state index in [4.69, 9.17) is 0 Å². The summed E-state index contributed by atoms with van der Waals surface area (Å²) in [5.41, 5.74) is 1.31. The lowest BCUT2D eigenvalue weighted by Gasteiger charge is -2.40. The van der Waals surface area contributed by atoms with Crippen LogP contribution in [0.1, 0.15) is 20.3 Å². The summed E-state index contributed by atoms with van der Waals surface area (Å²) in [6, 6.07) is 10.9. The van der Waals surface area contributed by atoms with Crippen LogP contribution in [0.4, 0.5) is 5.69 Å². The topological polar surface area (TPSA) is 47.6 Å². The molecule has 2 aliphatic rings. The van der Waals surface area contributed by atoms with E-state index in [2.05, 4.69) is 64.6 Å². The molecule has 2 fully saturated rings. The Morgan fingerprint density at radius 3 is 2.48 bits per heavy atom. The predicted octanol–water partition coefficient (Wildman–Crippen LogP) is 1.27. The van der Waals surface area contributed by atoms with Gasteiger partial charge < -0.3 is 10.2 Å². The van der Waals surface area contributed by atoms with Crippen LogP contribution in [-0.4, -0.2) is 55.7 Å². The second-order valence-electron chi connectivity index (χ2n) is 6.98. The summed E-state index contributed by atoms with van der Waals surface area (Å²) in [6.07, 6.45) is 0.689. The molecule has 5 heteroatoms. The van der Waals surface area contributed by atoms with Gasteiger partial charge in [0, 0.05) is 50.9 Å². The van der Waals surface area contributed by atoms with Gasteiger partial charge in [-0.25, -0.2) is 0 Å². The molecule has 2 N–H and O–H groups in total. The molecule has 1 amide bonds. The van der Waals surface area contributed by atoms with Gasteiger partial charge in [0.2, 0.25) is 5.91 Å². The van der Waals surface area contributed by atoms with E-state index in [1.54, 1.807) is 0 Å². The van der Waals surface area contributed by atoms with Crippen molar-refractivity contribution in [1.29, 1.82) is 0 Å². The molecule has 23 heavy (non-hydrogen) atoms. The van der Waals surface area contributed by atoms with E-state index in [0.717, 1.165) is 32.7 Å². The maximum atomic E-state index is 11.9. The quantitative estimate of drug-likeness (QED) is 0.878. The standard InChI is InChI=1S/C18H28N4O/c1-14(2)18-19-15(12-17(23)20-18)13-21-8-10-22(11-9-21)16-6-4-3-5-7-16/h3-7,14-15,18-19H,8-13H2,1-2H3,(H,20,23). The monoisotopic (exact) mass is 316 g/mol. The molecule has 0 aliphatic carbocycles. The maximum Gasteiger partial charge on any atom is 0.222 e. The van der Waals surface area contributed by atoms with E-state index in [1.807, 2.05) is 0 Å². The number of piperazine rings is 1. The van der Waals surface area contributed by atoms with Crippen molar-refractivity contribution in [3.8, 4) is 0 Å². The summed E-state index contributed by atoms with van der Waals surface area (Å²) in [5, 5.41) is 6.62. The van der Waals surface area contributed by atoms with Crippen LogP contribution < -0.4 is 15.5 Å². The fourth-order valence-corrected chi connectivity index (χ4v) is 3.43. The number of hydrogen-bond acceptors (Lipinski definition) is 4. The average molecular weight is 316 g/mol. The number of benzene rings is 1. The van der Waals surface area contributed by atoms with E-state index in [-0.39, 0.29) is 18.1 Å². The SMILES string of the molecule is CC(C)C1NC(=O)CC(CN2CCN(c3ccccc3)CC2)N1. The molecular weight excluding hydrogens is 288 g/mol. The fourth-order valence-electron chi connectivity index (χ4n) is 3.43. The number of hydrogen-bond donors (Lipinski definition) is 2. The normalized spacial score (nSPS) is 26.4. The minimum absolute atomic E-state index is 0.104. The Morgan fingerprint density at radius 2 is 1.83 bits per heavy atom. The van der Waals surface area contributed by atoms with Crippen molar-refractivity contribution in [1.82, 2.24) is 15.5 Å². The Bertz CT molecular complexity index is 511. The van der Waals surface area contributed by atoms with Crippen molar-refractivity contribution in [3.05, 3.63) is 30.3 Å². The molecule has 3 rings (SSSR count). The molecule has 126 valence electrons. The fraction of sp³-hybridized carbons (Fsp3) is 0.611. The highest BCUT2D eigenvalue weighted by Gasteiger charge is 2.29. The minimum Gasteiger partial charge on any atom is -0.369 e. The highest BCUT2D eigenvalue weighted by molar-refractivity contribution is 5.77. The van der Waals surface area contributed by atoms with E-state index in [9.17, 15) is 4.79 Å². The smallest absolute Gasteiger partial charge is 0.222 e. The predicted molar refractivity (Wildman–Crippen MR) is 93.4 cm³/mol. The first kappa shape index (κ1) is 16.3. The van der Waals surface area contributed by atoms with Crippen LogP contribution in [0.5, 0.6) is 0 Å². The molecule has 2 unspecified atom stereocenters. The Balaban J connectivity index is 1.49. The molecule has 5 nitrogen and oxygen atoms in total. The minimum atomic E-state index is 0.104. The number of para-hydroxylation sites is 1. The average Bonchev–Trinajstić information content (AvgIpc) is 2.56. The molecule has 0 saturated carbocycles. The van der Waals surface area contributed by atoms with Gasteiger partial charge in [-0.3, -0.25) is 15.0 Å². The van der Waals surface area contributed by atoms with Crippen molar-refractivity contribution in [3.63, 3.8) is 0 Å². The largest absolute Gasteiger partial charge is 0.369 e. The first-order chi connectivity index (χ1) is 11.1. The van der Waals surface area contributed by atoms with Crippen LogP contribution in [0, 0.1) is 5.92 Å². The van der Waals surface area contributed by atoms with Gasteiger partial charge in [0.1, 0.15) is 0 Å². The summed E-state index contributed by atoms with van der Waals surface area (Å²) in [7, 11) is 0. The molecular formula is C18H28N4O. The molecule has 1 aromatic rings. The molecule has 0 radical (unpaired) electrons. The number of nitrogens with zero attached hydrogens (tertiary/aromatic N) is 2. The van der Waals surface area contributed by atoms with Crippen molar-refractivity contribution in [2.75, 3.05) is 37.6 Å². The van der Waals surface area contributed by atoms with Crippen LogP contribution >= 0.6 is 0 Å². The third kappa shape index (κ3) is 4.24. The van der Waals surface area contributed by atoms with Gasteiger partial charge in [0.05, 0.1) is 6.17 Å². The van der Waals surface area contributed by atoms with Gasteiger partial charge in [-0.1, -0.05) is 32.0 Å². The third-order valence-electron chi connectivity index (χ3n) is 4.80. The zero-order valence-electron chi connectivity index (χ0n) is 14.2. The van der Waals surface area contributed by atoms with Gasteiger partial charge in [0.15, 0.2) is 0 Å². The van der Waals surface area contributed by atoms with Gasteiger partial charge in [0.25, 0.3) is 0 Å².